The van der Waals surface area contributed by atoms with E-state index in [1.807, 2.05) is 29.6 Å². The van der Waals surface area contributed by atoms with E-state index in [2.05, 4.69) is 11.4 Å². The van der Waals surface area contributed by atoms with Crippen LogP contribution in [-0.4, -0.2) is 5.91 Å². The quantitative estimate of drug-likeness (QED) is 0.867. The summed E-state index contributed by atoms with van der Waals surface area (Å²) in [6, 6.07) is 13.1. The first-order valence-corrected chi connectivity index (χ1v) is 6.64. The number of thiophene rings is 1. The van der Waals surface area contributed by atoms with Crippen LogP contribution in [-0.2, 0) is 11.3 Å². The second-order valence-corrected chi connectivity index (χ2v) is 4.90. The van der Waals surface area contributed by atoms with Gasteiger partial charge in [-0.15, -0.1) is 11.3 Å². The molecule has 3 nitrogen and oxygen atoms in total. The topological polar surface area (TPSA) is 52.9 Å². The summed E-state index contributed by atoms with van der Waals surface area (Å²) < 4.78 is 0. The van der Waals surface area contributed by atoms with Gasteiger partial charge in [0.05, 0.1) is 18.2 Å². The van der Waals surface area contributed by atoms with E-state index >= 15 is 0 Å². The molecule has 2 aromatic rings. The number of benzene rings is 1. The predicted octanol–water partition coefficient (Wildman–Crippen LogP) is 2.95. The second-order valence-electron chi connectivity index (χ2n) is 3.86. The highest BCUT2D eigenvalue weighted by atomic mass is 32.1. The first-order valence-electron chi connectivity index (χ1n) is 5.76. The molecule has 1 aromatic heterocycles. The molecular weight excluding hydrogens is 256 g/mol. The van der Waals surface area contributed by atoms with E-state index in [0.29, 0.717) is 12.1 Å². The molecule has 4 heteroatoms. The van der Waals surface area contributed by atoms with Crippen LogP contribution >= 0.6 is 11.3 Å². The lowest BCUT2D eigenvalue weighted by Gasteiger charge is -1.99. The van der Waals surface area contributed by atoms with Gasteiger partial charge in [0, 0.05) is 11.0 Å². The van der Waals surface area contributed by atoms with E-state index in [4.69, 9.17) is 5.26 Å². The van der Waals surface area contributed by atoms with Crippen molar-refractivity contribution in [2.24, 2.45) is 0 Å². The van der Waals surface area contributed by atoms with Crippen LogP contribution in [0.2, 0.25) is 0 Å². The largest absolute Gasteiger partial charge is 0.348 e. The molecule has 0 aliphatic heterocycles. The number of nitriles is 1. The highest BCUT2D eigenvalue weighted by Gasteiger charge is 1.97. The van der Waals surface area contributed by atoms with E-state index < -0.39 is 0 Å². The summed E-state index contributed by atoms with van der Waals surface area (Å²) in [6.07, 6.45) is 3.22. The van der Waals surface area contributed by atoms with Crippen LogP contribution in [0.5, 0.6) is 0 Å². The Labute approximate surface area is 115 Å². The first-order chi connectivity index (χ1) is 9.28. The third kappa shape index (κ3) is 4.09. The molecule has 0 unspecified atom stereocenters. The number of amides is 1. The van der Waals surface area contributed by atoms with Gasteiger partial charge in [0.1, 0.15) is 0 Å². The molecule has 0 radical (unpaired) electrons. The van der Waals surface area contributed by atoms with Crippen LogP contribution in [0.4, 0.5) is 0 Å². The van der Waals surface area contributed by atoms with Crippen molar-refractivity contribution in [3.05, 3.63) is 63.9 Å². The fourth-order valence-corrected chi connectivity index (χ4v) is 2.13. The zero-order valence-corrected chi connectivity index (χ0v) is 11.0. The maximum atomic E-state index is 11.6. The lowest BCUT2D eigenvalue weighted by Crippen LogP contribution is -2.19. The molecule has 1 heterocycles. The van der Waals surface area contributed by atoms with Gasteiger partial charge >= 0.3 is 0 Å². The van der Waals surface area contributed by atoms with Gasteiger partial charge in [-0.3, -0.25) is 4.79 Å². The smallest absolute Gasteiger partial charge is 0.244 e. The maximum absolute atomic E-state index is 11.6. The van der Waals surface area contributed by atoms with E-state index in [0.717, 1.165) is 10.4 Å². The van der Waals surface area contributed by atoms with Crippen molar-refractivity contribution in [3.63, 3.8) is 0 Å². The zero-order valence-electron chi connectivity index (χ0n) is 10.2. The minimum Gasteiger partial charge on any atom is -0.348 e. The molecular formula is C15H12N2OS. The average Bonchev–Trinajstić information content (AvgIpc) is 2.96. The molecule has 2 rings (SSSR count). The molecule has 0 saturated carbocycles. The fourth-order valence-electron chi connectivity index (χ4n) is 1.49. The highest BCUT2D eigenvalue weighted by Crippen LogP contribution is 2.08. The third-order valence-corrected chi connectivity index (χ3v) is 3.36. The van der Waals surface area contributed by atoms with Gasteiger partial charge in [0.25, 0.3) is 0 Å². The number of hydrogen-bond donors (Lipinski definition) is 1. The average molecular weight is 268 g/mol. The third-order valence-electron chi connectivity index (χ3n) is 2.48. The van der Waals surface area contributed by atoms with E-state index in [1.165, 1.54) is 6.08 Å². The Hall–Kier alpha value is -2.38. The molecule has 0 fully saturated rings. The second kappa shape index (κ2) is 6.53. The lowest BCUT2D eigenvalue weighted by molar-refractivity contribution is -0.116. The van der Waals surface area contributed by atoms with Crippen molar-refractivity contribution in [2.75, 3.05) is 0 Å². The minimum atomic E-state index is -0.127. The van der Waals surface area contributed by atoms with Crippen molar-refractivity contribution >= 4 is 23.3 Å². The first kappa shape index (κ1) is 13.1. The Bertz CT molecular complexity index is 607. The summed E-state index contributed by atoms with van der Waals surface area (Å²) in [5.74, 6) is -0.127. The predicted molar refractivity (Wildman–Crippen MR) is 76.4 cm³/mol. The molecule has 19 heavy (non-hydrogen) atoms. The number of carbonyl (C=O) groups is 1. The summed E-state index contributed by atoms with van der Waals surface area (Å²) in [7, 11) is 0. The van der Waals surface area contributed by atoms with Crippen LogP contribution in [0.15, 0.2) is 47.9 Å². The Morgan fingerprint density at radius 2 is 2.11 bits per heavy atom. The highest BCUT2D eigenvalue weighted by molar-refractivity contribution is 7.09. The van der Waals surface area contributed by atoms with E-state index in [-0.39, 0.29) is 5.91 Å². The molecule has 0 aliphatic carbocycles. The SMILES string of the molecule is N#Cc1ccc(C=CC(=O)NCc2cccs2)cc1. The summed E-state index contributed by atoms with van der Waals surface area (Å²) in [5.41, 5.74) is 1.50. The molecule has 0 spiro atoms. The Morgan fingerprint density at radius 1 is 1.32 bits per heavy atom. The Morgan fingerprint density at radius 3 is 2.74 bits per heavy atom. The number of nitrogens with zero attached hydrogens (tertiary/aromatic N) is 1. The van der Waals surface area contributed by atoms with Crippen molar-refractivity contribution < 1.29 is 4.79 Å². The monoisotopic (exact) mass is 268 g/mol. The summed E-state index contributed by atoms with van der Waals surface area (Å²) in [4.78, 5) is 12.7. The van der Waals surface area contributed by atoms with Crippen molar-refractivity contribution in [1.29, 1.82) is 5.26 Å². The molecule has 0 saturated heterocycles. The van der Waals surface area contributed by atoms with Gasteiger partial charge in [0.15, 0.2) is 0 Å². The van der Waals surface area contributed by atoms with Gasteiger partial charge in [-0.05, 0) is 35.2 Å². The van der Waals surface area contributed by atoms with Crippen molar-refractivity contribution in [2.45, 2.75) is 6.54 Å². The summed E-state index contributed by atoms with van der Waals surface area (Å²) in [6.45, 7) is 0.550. The molecule has 0 bridgehead atoms. The van der Waals surface area contributed by atoms with Crippen LogP contribution in [0.3, 0.4) is 0 Å². The number of carbonyl (C=O) groups excluding carboxylic acids is 1. The number of rotatable bonds is 4. The summed E-state index contributed by atoms with van der Waals surface area (Å²) in [5, 5.41) is 13.5. The molecule has 94 valence electrons. The maximum Gasteiger partial charge on any atom is 0.244 e. The van der Waals surface area contributed by atoms with Gasteiger partial charge in [0.2, 0.25) is 5.91 Å². The van der Waals surface area contributed by atoms with Gasteiger partial charge in [-0.2, -0.15) is 5.26 Å². The fraction of sp³-hybridized carbons (Fsp3) is 0.0667. The zero-order chi connectivity index (χ0) is 13.5. The number of nitrogens with one attached hydrogen (secondary N) is 1. The van der Waals surface area contributed by atoms with Crippen molar-refractivity contribution in [3.8, 4) is 6.07 Å². The minimum absolute atomic E-state index is 0.127. The van der Waals surface area contributed by atoms with E-state index in [1.54, 1.807) is 29.5 Å². The summed E-state index contributed by atoms with van der Waals surface area (Å²) >= 11 is 1.61. The van der Waals surface area contributed by atoms with Crippen molar-refractivity contribution in [1.82, 2.24) is 5.32 Å². The lowest BCUT2D eigenvalue weighted by atomic mass is 10.1. The molecule has 1 N–H and O–H groups in total. The molecule has 0 aliphatic rings. The molecule has 1 aromatic carbocycles. The molecule has 1 amide bonds. The Balaban J connectivity index is 1.87. The Kier molecular flexibility index (Phi) is 4.49. The van der Waals surface area contributed by atoms with Gasteiger partial charge < -0.3 is 5.32 Å². The van der Waals surface area contributed by atoms with Gasteiger partial charge in [-0.1, -0.05) is 18.2 Å². The molecule has 0 atom stereocenters. The van der Waals surface area contributed by atoms with Crippen LogP contribution < -0.4 is 5.32 Å². The number of hydrogen-bond acceptors (Lipinski definition) is 3. The normalized spacial score (nSPS) is 10.3. The van der Waals surface area contributed by atoms with Gasteiger partial charge in [-0.25, -0.2) is 0 Å². The van der Waals surface area contributed by atoms with Crippen LogP contribution in [0, 0.1) is 11.3 Å². The van der Waals surface area contributed by atoms with Crippen LogP contribution in [0.1, 0.15) is 16.0 Å². The van der Waals surface area contributed by atoms with E-state index in [9.17, 15) is 4.79 Å². The van der Waals surface area contributed by atoms with Crippen LogP contribution in [0.25, 0.3) is 6.08 Å². The standard InChI is InChI=1S/C15H12N2OS/c16-10-13-5-3-12(4-6-13)7-8-15(18)17-11-14-2-1-9-19-14/h1-9H,11H2,(H,17,18).